The Kier molecular flexibility index (Phi) is 3.84. The van der Waals surface area contributed by atoms with Crippen molar-refractivity contribution in [3.63, 3.8) is 0 Å². The van der Waals surface area contributed by atoms with E-state index < -0.39 is 23.6 Å². The van der Waals surface area contributed by atoms with Crippen LogP contribution in [-0.2, 0) is 9.59 Å². The summed E-state index contributed by atoms with van der Waals surface area (Å²) in [5.41, 5.74) is 4.99. The number of primary amides is 1. The van der Waals surface area contributed by atoms with Crippen LogP contribution in [0.5, 0.6) is 0 Å². The fourth-order valence-corrected chi connectivity index (χ4v) is 2.40. The molecule has 0 aliphatic carbocycles. The first-order valence-electron chi connectivity index (χ1n) is 5.69. The first kappa shape index (κ1) is 14.2. The second kappa shape index (κ2) is 5.41. The Balaban J connectivity index is 2.20. The number of carbonyl (C=O) groups is 3. The molecule has 0 unspecified atom stereocenters. The van der Waals surface area contributed by atoms with Gasteiger partial charge in [0.25, 0.3) is 11.1 Å². The fourth-order valence-electron chi connectivity index (χ4n) is 1.58. The molecule has 0 saturated carbocycles. The van der Waals surface area contributed by atoms with Crippen LogP contribution in [0.2, 0.25) is 0 Å². The van der Waals surface area contributed by atoms with Crippen molar-refractivity contribution in [2.75, 3.05) is 25.5 Å². The van der Waals surface area contributed by atoms with E-state index >= 15 is 0 Å². The lowest BCUT2D eigenvalue weighted by atomic mass is 10.3. The average Bonchev–Trinajstić information content (AvgIpc) is 2.91. The van der Waals surface area contributed by atoms with Crippen molar-refractivity contribution in [2.45, 2.75) is 0 Å². The number of amides is 3. The lowest BCUT2D eigenvalue weighted by molar-refractivity contribution is -0.127. The molecule has 1 fully saturated rings. The molecule has 0 aromatic carbocycles. The van der Waals surface area contributed by atoms with E-state index in [2.05, 4.69) is 0 Å². The number of nitrogens with zero attached hydrogens (tertiary/aromatic N) is 2. The van der Waals surface area contributed by atoms with Crippen molar-refractivity contribution in [3.05, 3.63) is 22.8 Å². The van der Waals surface area contributed by atoms with E-state index in [4.69, 9.17) is 10.2 Å². The van der Waals surface area contributed by atoms with Gasteiger partial charge in [-0.2, -0.15) is 0 Å². The molecule has 8 heteroatoms. The maximum atomic E-state index is 12.0. The predicted molar refractivity (Wildman–Crippen MR) is 74.9 cm³/mol. The molecular formula is C12H13N3O4S. The Morgan fingerprint density at radius 1 is 1.45 bits per heavy atom. The van der Waals surface area contributed by atoms with Gasteiger partial charge in [0.15, 0.2) is 5.88 Å². The Hall–Kier alpha value is -2.22. The molecule has 20 heavy (non-hydrogen) atoms. The lowest BCUT2D eigenvalue weighted by Gasteiger charge is -2.08. The van der Waals surface area contributed by atoms with Crippen molar-refractivity contribution < 1.29 is 18.8 Å². The molecule has 1 aromatic heterocycles. The molecule has 1 aliphatic rings. The number of nitrogens with two attached hydrogens (primary N) is 1. The minimum absolute atomic E-state index is 0.205. The molecule has 0 spiro atoms. The van der Waals surface area contributed by atoms with Crippen LogP contribution in [0.1, 0.15) is 5.76 Å². The number of rotatable bonds is 4. The summed E-state index contributed by atoms with van der Waals surface area (Å²) in [7, 11) is 3.65. The van der Waals surface area contributed by atoms with Gasteiger partial charge in [-0.1, -0.05) is 0 Å². The first-order chi connectivity index (χ1) is 9.38. The van der Waals surface area contributed by atoms with Crippen LogP contribution < -0.4 is 10.6 Å². The molecule has 1 aliphatic heterocycles. The second-order valence-corrected chi connectivity index (χ2v) is 5.30. The van der Waals surface area contributed by atoms with Crippen LogP contribution in [-0.4, -0.2) is 42.6 Å². The summed E-state index contributed by atoms with van der Waals surface area (Å²) in [5.74, 6) is -0.186. The number of thioether (sulfide) groups is 1. The largest absolute Gasteiger partial charge is 0.441 e. The van der Waals surface area contributed by atoms with Crippen molar-refractivity contribution in [2.24, 2.45) is 5.73 Å². The molecule has 0 bridgehead atoms. The summed E-state index contributed by atoms with van der Waals surface area (Å²) in [4.78, 5) is 37.2. The average molecular weight is 295 g/mol. The van der Waals surface area contributed by atoms with Crippen LogP contribution in [0.15, 0.2) is 21.5 Å². The van der Waals surface area contributed by atoms with Crippen LogP contribution in [0.25, 0.3) is 6.08 Å². The van der Waals surface area contributed by atoms with Gasteiger partial charge in [0.05, 0.1) is 4.91 Å². The van der Waals surface area contributed by atoms with Gasteiger partial charge in [0.1, 0.15) is 12.3 Å². The van der Waals surface area contributed by atoms with E-state index in [0.29, 0.717) is 11.6 Å². The monoisotopic (exact) mass is 295 g/mol. The number of imide groups is 1. The van der Waals surface area contributed by atoms with Crippen molar-refractivity contribution >= 4 is 40.8 Å². The highest BCUT2D eigenvalue weighted by atomic mass is 32.2. The van der Waals surface area contributed by atoms with Gasteiger partial charge in [-0.05, 0) is 17.8 Å². The Morgan fingerprint density at radius 3 is 2.70 bits per heavy atom. The number of furan rings is 1. The topological polar surface area (TPSA) is 96.9 Å². The number of carbonyl (C=O) groups excluding carboxylic acids is 3. The lowest BCUT2D eigenvalue weighted by Crippen LogP contribution is -2.36. The molecule has 3 amide bonds. The van der Waals surface area contributed by atoms with E-state index in [1.165, 1.54) is 6.08 Å². The summed E-state index contributed by atoms with van der Waals surface area (Å²) < 4.78 is 5.47. The minimum atomic E-state index is -0.735. The zero-order chi connectivity index (χ0) is 14.9. The van der Waals surface area contributed by atoms with Gasteiger partial charge >= 0.3 is 0 Å². The predicted octanol–water partition coefficient (Wildman–Crippen LogP) is 0.867. The highest BCUT2D eigenvalue weighted by molar-refractivity contribution is 8.18. The minimum Gasteiger partial charge on any atom is -0.441 e. The molecule has 2 heterocycles. The van der Waals surface area contributed by atoms with Gasteiger partial charge in [-0.25, -0.2) is 0 Å². The zero-order valence-electron chi connectivity index (χ0n) is 11.0. The normalized spacial score (nSPS) is 17.1. The molecule has 0 atom stereocenters. The summed E-state index contributed by atoms with van der Waals surface area (Å²) >= 11 is 0.753. The Labute approximate surface area is 119 Å². The smallest absolute Gasteiger partial charge is 0.294 e. The van der Waals surface area contributed by atoms with E-state index in [9.17, 15) is 14.4 Å². The summed E-state index contributed by atoms with van der Waals surface area (Å²) in [6.45, 7) is -0.414. The van der Waals surface area contributed by atoms with E-state index in [1.807, 2.05) is 14.1 Å². The van der Waals surface area contributed by atoms with Crippen molar-refractivity contribution in [1.82, 2.24) is 4.90 Å². The molecule has 106 valence electrons. The molecule has 2 N–H and O–H groups in total. The highest BCUT2D eigenvalue weighted by Crippen LogP contribution is 2.32. The summed E-state index contributed by atoms with van der Waals surface area (Å²) in [6.07, 6.45) is 1.47. The van der Waals surface area contributed by atoms with Crippen LogP contribution >= 0.6 is 11.8 Å². The number of anilines is 1. The fraction of sp³-hybridized carbons (Fsp3) is 0.250. The highest BCUT2D eigenvalue weighted by Gasteiger charge is 2.36. The third-order valence-corrected chi connectivity index (χ3v) is 3.42. The third-order valence-electron chi connectivity index (χ3n) is 2.51. The van der Waals surface area contributed by atoms with Gasteiger partial charge in [-0.15, -0.1) is 0 Å². The Bertz CT molecular complexity index is 606. The molecule has 0 radical (unpaired) electrons. The van der Waals surface area contributed by atoms with Gasteiger partial charge in [-0.3, -0.25) is 19.3 Å². The van der Waals surface area contributed by atoms with E-state index in [0.717, 1.165) is 16.7 Å². The van der Waals surface area contributed by atoms with Gasteiger partial charge in [0.2, 0.25) is 5.91 Å². The molecule has 2 rings (SSSR count). The van der Waals surface area contributed by atoms with E-state index in [-0.39, 0.29) is 4.91 Å². The van der Waals surface area contributed by atoms with Crippen LogP contribution in [0, 0.1) is 0 Å². The standard InChI is InChI=1S/C12H13N3O4S/c1-14(2)10-4-3-7(19-10)5-8-11(17)15(6-9(13)16)12(18)20-8/h3-5H,6H2,1-2H3,(H2,13,16)/b8-5-. The van der Waals surface area contributed by atoms with Crippen molar-refractivity contribution in [3.8, 4) is 0 Å². The summed E-state index contributed by atoms with van der Waals surface area (Å²) in [5, 5.41) is -0.514. The van der Waals surface area contributed by atoms with E-state index in [1.54, 1.807) is 17.0 Å². The van der Waals surface area contributed by atoms with Crippen molar-refractivity contribution in [1.29, 1.82) is 0 Å². The Morgan fingerprint density at radius 2 is 2.15 bits per heavy atom. The maximum Gasteiger partial charge on any atom is 0.294 e. The molecule has 7 nitrogen and oxygen atoms in total. The first-order valence-corrected chi connectivity index (χ1v) is 6.51. The van der Waals surface area contributed by atoms with Gasteiger partial charge in [0, 0.05) is 26.2 Å². The molecule has 1 saturated heterocycles. The summed E-state index contributed by atoms with van der Waals surface area (Å²) in [6, 6.07) is 3.44. The molecular weight excluding hydrogens is 282 g/mol. The third kappa shape index (κ3) is 2.85. The number of hydrogen-bond donors (Lipinski definition) is 1. The quantitative estimate of drug-likeness (QED) is 0.828. The number of hydrogen-bond acceptors (Lipinski definition) is 6. The SMILES string of the molecule is CN(C)c1ccc(/C=C2\SC(=O)N(CC(N)=O)C2=O)o1. The molecule has 1 aromatic rings. The maximum absolute atomic E-state index is 12.0. The van der Waals surface area contributed by atoms with Gasteiger partial charge < -0.3 is 15.1 Å². The zero-order valence-corrected chi connectivity index (χ0v) is 11.8. The van der Waals surface area contributed by atoms with Crippen LogP contribution in [0.4, 0.5) is 10.7 Å². The van der Waals surface area contributed by atoms with Crippen LogP contribution in [0.3, 0.4) is 0 Å². The second-order valence-electron chi connectivity index (χ2n) is 4.30.